The fourth-order valence-corrected chi connectivity index (χ4v) is 4.70. The number of rotatable bonds is 4. The first-order valence-electron chi connectivity index (χ1n) is 11.5. The minimum absolute atomic E-state index is 0.0115. The second kappa shape index (κ2) is 8.48. The van der Waals surface area contributed by atoms with E-state index in [2.05, 4.69) is 5.10 Å². The third-order valence-electron chi connectivity index (χ3n) is 6.77. The molecule has 1 N–H and O–H groups in total. The molecule has 2 aliphatic heterocycles. The fraction of sp³-hybridized carbons (Fsp3) is 0.652. The normalized spacial score (nSPS) is 20.2. The number of hydrogen-bond donors (Lipinski definition) is 1. The van der Waals surface area contributed by atoms with Gasteiger partial charge < -0.3 is 9.80 Å². The van der Waals surface area contributed by atoms with E-state index in [1.165, 1.54) is 4.52 Å². The summed E-state index contributed by atoms with van der Waals surface area (Å²) in [5, 5.41) is 3.24. The maximum absolute atomic E-state index is 13.3. The molecular weight excluding hydrogens is 394 g/mol. The summed E-state index contributed by atoms with van der Waals surface area (Å²) in [7, 11) is 0. The summed E-state index contributed by atoms with van der Waals surface area (Å²) in [6.07, 6.45) is 4.33. The molecule has 0 aromatic carbocycles. The lowest BCUT2D eigenvalue weighted by Crippen LogP contribution is -2.42. The molecule has 1 saturated heterocycles. The van der Waals surface area contributed by atoms with Crippen molar-refractivity contribution in [3.05, 3.63) is 33.4 Å². The van der Waals surface area contributed by atoms with Crippen molar-refractivity contribution < 1.29 is 9.59 Å². The lowest BCUT2D eigenvalue weighted by Gasteiger charge is -2.36. The van der Waals surface area contributed by atoms with Gasteiger partial charge in [-0.1, -0.05) is 27.7 Å². The molecule has 0 unspecified atom stereocenters. The van der Waals surface area contributed by atoms with Gasteiger partial charge in [0.25, 0.3) is 5.56 Å². The molecule has 8 heteroatoms. The molecular formula is C23H33N5O3. The number of aromatic amines is 1. The second-order valence-electron chi connectivity index (χ2n) is 9.26. The predicted octanol–water partition coefficient (Wildman–Crippen LogP) is 2.66. The van der Waals surface area contributed by atoms with Crippen molar-refractivity contribution >= 4 is 17.5 Å². The largest absolute Gasteiger partial charge is 0.337 e. The fourth-order valence-electron chi connectivity index (χ4n) is 4.70. The topological polar surface area (TPSA) is 90.8 Å². The van der Waals surface area contributed by atoms with Crippen LogP contribution in [0.2, 0.25) is 0 Å². The summed E-state index contributed by atoms with van der Waals surface area (Å²) in [4.78, 5) is 47.1. The van der Waals surface area contributed by atoms with Crippen LogP contribution in [0.5, 0.6) is 0 Å². The minimum atomic E-state index is -0.150. The number of nitrogens with zero attached hydrogens (tertiary/aromatic N) is 4. The van der Waals surface area contributed by atoms with Crippen molar-refractivity contribution in [1.82, 2.24) is 24.4 Å². The Morgan fingerprint density at radius 3 is 2.68 bits per heavy atom. The molecule has 2 aromatic rings. The van der Waals surface area contributed by atoms with Crippen molar-refractivity contribution in [2.75, 3.05) is 13.1 Å². The Balaban J connectivity index is 1.69. The van der Waals surface area contributed by atoms with Crippen LogP contribution in [0.4, 0.5) is 0 Å². The molecule has 168 valence electrons. The molecule has 2 amide bonds. The van der Waals surface area contributed by atoms with Gasteiger partial charge in [-0.15, -0.1) is 0 Å². The highest BCUT2D eigenvalue weighted by atomic mass is 16.2. The number of carbonyl (C=O) groups excluding carboxylic acids is 2. The van der Waals surface area contributed by atoms with E-state index in [4.69, 9.17) is 4.98 Å². The quantitative estimate of drug-likeness (QED) is 0.812. The van der Waals surface area contributed by atoms with Crippen molar-refractivity contribution in [2.24, 2.45) is 11.8 Å². The molecule has 2 atom stereocenters. The van der Waals surface area contributed by atoms with Crippen LogP contribution in [-0.4, -0.2) is 49.3 Å². The molecule has 2 aliphatic rings. The monoisotopic (exact) mass is 427 g/mol. The van der Waals surface area contributed by atoms with Crippen LogP contribution >= 0.6 is 0 Å². The molecule has 4 rings (SSSR count). The van der Waals surface area contributed by atoms with Gasteiger partial charge in [0.1, 0.15) is 0 Å². The van der Waals surface area contributed by atoms with Gasteiger partial charge in [0.05, 0.1) is 29.5 Å². The highest BCUT2D eigenvalue weighted by Crippen LogP contribution is 2.32. The van der Waals surface area contributed by atoms with Crippen molar-refractivity contribution in [2.45, 2.75) is 72.4 Å². The SMILES string of the molecule is CC[C@H](C)C(=O)N1CCCC[C@@H]1c1cc2nc3c(c(=O)n2[nH]1)CN(C(=O)C(C)C)CC3. The van der Waals surface area contributed by atoms with Crippen LogP contribution in [0, 0.1) is 11.8 Å². The summed E-state index contributed by atoms with van der Waals surface area (Å²) in [6, 6.07) is 1.85. The van der Waals surface area contributed by atoms with Crippen molar-refractivity contribution in [3.63, 3.8) is 0 Å². The first-order chi connectivity index (χ1) is 14.8. The standard InChI is InChI=1S/C23H33N5O3/c1-5-15(4)22(30)27-10-7-6-8-19(27)18-12-20-24-17-9-11-26(21(29)14(2)3)13-16(17)23(31)28(20)25-18/h12,14-15,19,25H,5-11,13H2,1-4H3/t15-,19+/m0/s1. The summed E-state index contributed by atoms with van der Waals surface area (Å²) < 4.78 is 1.48. The van der Waals surface area contributed by atoms with Gasteiger partial charge >= 0.3 is 0 Å². The molecule has 0 bridgehead atoms. The molecule has 2 aromatic heterocycles. The zero-order chi connectivity index (χ0) is 22.3. The predicted molar refractivity (Wildman–Crippen MR) is 118 cm³/mol. The molecule has 0 aliphatic carbocycles. The smallest absolute Gasteiger partial charge is 0.277 e. The Kier molecular flexibility index (Phi) is 5.90. The maximum atomic E-state index is 13.3. The molecule has 0 radical (unpaired) electrons. The minimum Gasteiger partial charge on any atom is -0.337 e. The number of aromatic nitrogens is 3. The van der Waals surface area contributed by atoms with E-state index in [-0.39, 0.29) is 35.3 Å². The molecule has 4 heterocycles. The Morgan fingerprint density at radius 2 is 1.97 bits per heavy atom. The van der Waals surface area contributed by atoms with Gasteiger partial charge in [0, 0.05) is 37.4 Å². The molecule has 1 fully saturated rings. The molecule has 0 spiro atoms. The van der Waals surface area contributed by atoms with Crippen LogP contribution in [0.3, 0.4) is 0 Å². The van der Waals surface area contributed by atoms with Crippen LogP contribution in [0.15, 0.2) is 10.9 Å². The zero-order valence-electron chi connectivity index (χ0n) is 19.0. The van der Waals surface area contributed by atoms with Gasteiger partial charge in [0.15, 0.2) is 5.65 Å². The van der Waals surface area contributed by atoms with E-state index in [0.717, 1.165) is 43.6 Å². The Morgan fingerprint density at radius 1 is 1.19 bits per heavy atom. The number of H-pyrrole nitrogens is 1. The number of amides is 2. The zero-order valence-corrected chi connectivity index (χ0v) is 19.0. The summed E-state index contributed by atoms with van der Waals surface area (Å²) in [5.41, 5.74) is 2.66. The van der Waals surface area contributed by atoms with E-state index in [1.807, 2.05) is 38.7 Å². The Bertz CT molecular complexity index is 1050. The lowest BCUT2D eigenvalue weighted by atomic mass is 9.96. The average Bonchev–Trinajstić information content (AvgIpc) is 3.21. The number of likely N-dealkylation sites (tertiary alicyclic amines) is 1. The number of hydrogen-bond acceptors (Lipinski definition) is 4. The Hall–Kier alpha value is -2.64. The number of nitrogens with one attached hydrogen (secondary N) is 1. The highest BCUT2D eigenvalue weighted by Gasteiger charge is 2.32. The van der Waals surface area contributed by atoms with E-state index >= 15 is 0 Å². The molecule has 31 heavy (non-hydrogen) atoms. The highest BCUT2D eigenvalue weighted by molar-refractivity contribution is 5.79. The number of fused-ring (bicyclic) bond motifs is 2. The van der Waals surface area contributed by atoms with Crippen LogP contribution in [0.25, 0.3) is 5.65 Å². The van der Waals surface area contributed by atoms with Crippen molar-refractivity contribution in [1.29, 1.82) is 0 Å². The van der Waals surface area contributed by atoms with Gasteiger partial charge in [-0.25, -0.2) is 9.50 Å². The summed E-state index contributed by atoms with van der Waals surface area (Å²) >= 11 is 0. The van der Waals surface area contributed by atoms with Gasteiger partial charge in [-0.05, 0) is 25.7 Å². The van der Waals surface area contributed by atoms with Gasteiger partial charge in [-0.3, -0.25) is 19.5 Å². The third kappa shape index (κ3) is 3.88. The van der Waals surface area contributed by atoms with Gasteiger partial charge in [-0.2, -0.15) is 0 Å². The first-order valence-corrected chi connectivity index (χ1v) is 11.5. The van der Waals surface area contributed by atoms with Crippen LogP contribution in [0.1, 0.15) is 76.4 Å². The first kappa shape index (κ1) is 21.6. The summed E-state index contributed by atoms with van der Waals surface area (Å²) in [5.74, 6) is 0.123. The van der Waals surface area contributed by atoms with Crippen LogP contribution < -0.4 is 5.56 Å². The average molecular weight is 428 g/mol. The van der Waals surface area contributed by atoms with Crippen molar-refractivity contribution in [3.8, 4) is 0 Å². The number of carbonyl (C=O) groups is 2. The van der Waals surface area contributed by atoms with E-state index < -0.39 is 0 Å². The summed E-state index contributed by atoms with van der Waals surface area (Å²) in [6.45, 7) is 9.39. The Labute approximate surface area is 182 Å². The van der Waals surface area contributed by atoms with Crippen LogP contribution in [-0.2, 0) is 22.6 Å². The van der Waals surface area contributed by atoms with E-state index in [1.54, 1.807) is 4.90 Å². The second-order valence-corrected chi connectivity index (χ2v) is 9.26. The molecule has 0 saturated carbocycles. The van der Waals surface area contributed by atoms with Gasteiger partial charge in [0.2, 0.25) is 11.8 Å². The maximum Gasteiger partial charge on any atom is 0.277 e. The molecule has 8 nitrogen and oxygen atoms in total. The van der Waals surface area contributed by atoms with E-state index in [9.17, 15) is 14.4 Å². The lowest BCUT2D eigenvalue weighted by molar-refractivity contribution is -0.139. The van der Waals surface area contributed by atoms with E-state index in [0.29, 0.717) is 30.7 Å². The number of piperidine rings is 1. The third-order valence-corrected chi connectivity index (χ3v) is 6.77.